The highest BCUT2D eigenvalue weighted by Crippen LogP contribution is 2.32. The molecule has 122 valence electrons. The van der Waals surface area contributed by atoms with Crippen LogP contribution >= 0.6 is 0 Å². The van der Waals surface area contributed by atoms with Crippen molar-refractivity contribution >= 4 is 5.91 Å². The first kappa shape index (κ1) is 16.7. The molecule has 5 nitrogen and oxygen atoms in total. The van der Waals surface area contributed by atoms with Crippen molar-refractivity contribution in [3.63, 3.8) is 0 Å². The lowest BCUT2D eigenvalue weighted by Crippen LogP contribution is -2.57. The Morgan fingerprint density at radius 2 is 2.00 bits per heavy atom. The van der Waals surface area contributed by atoms with Crippen LogP contribution in [-0.4, -0.2) is 62.3 Å². The van der Waals surface area contributed by atoms with E-state index in [4.69, 9.17) is 4.74 Å². The zero-order chi connectivity index (χ0) is 15.2. The molecular weight excluding hydrogens is 266 g/mol. The van der Waals surface area contributed by atoms with Crippen molar-refractivity contribution in [3.8, 4) is 0 Å². The van der Waals surface area contributed by atoms with Crippen LogP contribution < -0.4 is 10.6 Å². The van der Waals surface area contributed by atoms with Gasteiger partial charge in [0.25, 0.3) is 0 Å². The fraction of sp³-hybridized carbons (Fsp3) is 0.938. The van der Waals surface area contributed by atoms with Crippen molar-refractivity contribution in [2.24, 2.45) is 0 Å². The quantitative estimate of drug-likeness (QED) is 0.692. The number of carbonyl (C=O) groups excluding carboxylic acids is 1. The summed E-state index contributed by atoms with van der Waals surface area (Å²) in [6.07, 6.45) is 7.20. The summed E-state index contributed by atoms with van der Waals surface area (Å²) in [5, 5.41) is 6.51. The molecular formula is C16H31N3O2. The van der Waals surface area contributed by atoms with Crippen molar-refractivity contribution in [3.05, 3.63) is 0 Å². The maximum Gasteiger partial charge on any atom is 0.236 e. The Morgan fingerprint density at radius 3 is 2.62 bits per heavy atom. The van der Waals surface area contributed by atoms with Gasteiger partial charge in [0.1, 0.15) is 0 Å². The summed E-state index contributed by atoms with van der Waals surface area (Å²) in [7, 11) is 3.94. The van der Waals surface area contributed by atoms with E-state index in [1.807, 2.05) is 6.92 Å². The average Bonchev–Trinajstić information content (AvgIpc) is 2.44. The monoisotopic (exact) mass is 297 g/mol. The number of rotatable bonds is 7. The minimum Gasteiger partial charge on any atom is -0.385 e. The maximum atomic E-state index is 12.1. The number of fused-ring (bicyclic) bond motifs is 2. The zero-order valence-electron chi connectivity index (χ0n) is 13.7. The lowest BCUT2D eigenvalue weighted by atomic mass is 9.82. The molecule has 0 saturated carbocycles. The molecule has 2 saturated heterocycles. The summed E-state index contributed by atoms with van der Waals surface area (Å²) in [5.74, 6) is 0.107. The number of methoxy groups -OCH3 is 1. The van der Waals surface area contributed by atoms with E-state index in [9.17, 15) is 4.79 Å². The molecule has 2 bridgehead atoms. The zero-order valence-corrected chi connectivity index (χ0v) is 13.7. The number of amides is 1. The summed E-state index contributed by atoms with van der Waals surface area (Å²) in [6, 6.07) is 1.77. The molecule has 1 amide bonds. The second-order valence-electron chi connectivity index (χ2n) is 6.60. The molecule has 2 rings (SSSR count). The van der Waals surface area contributed by atoms with E-state index in [0.29, 0.717) is 31.3 Å². The number of hydrogen-bond donors (Lipinski definition) is 2. The van der Waals surface area contributed by atoms with Crippen LogP contribution in [0.5, 0.6) is 0 Å². The highest BCUT2D eigenvalue weighted by molar-refractivity contribution is 5.81. The van der Waals surface area contributed by atoms with Crippen molar-refractivity contribution < 1.29 is 9.53 Å². The molecule has 2 aliphatic rings. The van der Waals surface area contributed by atoms with E-state index in [2.05, 4.69) is 22.6 Å². The van der Waals surface area contributed by atoms with Gasteiger partial charge in [0.15, 0.2) is 0 Å². The lowest BCUT2D eigenvalue weighted by molar-refractivity contribution is -0.123. The third-order valence-electron chi connectivity index (χ3n) is 5.04. The van der Waals surface area contributed by atoms with Crippen LogP contribution in [0, 0.1) is 0 Å². The highest BCUT2D eigenvalue weighted by atomic mass is 16.5. The van der Waals surface area contributed by atoms with Gasteiger partial charge in [0.2, 0.25) is 5.91 Å². The number of hydrogen-bond acceptors (Lipinski definition) is 4. The number of nitrogens with one attached hydrogen (secondary N) is 2. The van der Waals surface area contributed by atoms with Crippen LogP contribution in [0.3, 0.4) is 0 Å². The second kappa shape index (κ2) is 8.11. The molecule has 2 heterocycles. The molecule has 0 aromatic carbocycles. The van der Waals surface area contributed by atoms with Crippen LogP contribution in [0.1, 0.15) is 45.4 Å². The summed E-state index contributed by atoms with van der Waals surface area (Å²) >= 11 is 0. The first-order chi connectivity index (χ1) is 10.1. The largest absolute Gasteiger partial charge is 0.385 e. The number of piperidine rings is 2. The minimum atomic E-state index is -0.110. The van der Waals surface area contributed by atoms with Gasteiger partial charge in [-0.3, -0.25) is 4.79 Å². The molecule has 2 aliphatic heterocycles. The van der Waals surface area contributed by atoms with E-state index < -0.39 is 0 Å². The molecule has 2 N–H and O–H groups in total. The maximum absolute atomic E-state index is 12.1. The minimum absolute atomic E-state index is 0.107. The molecule has 5 heteroatoms. The fourth-order valence-electron chi connectivity index (χ4n) is 3.76. The number of carbonyl (C=O) groups is 1. The number of ether oxygens (including phenoxy) is 1. The Balaban J connectivity index is 1.72. The van der Waals surface area contributed by atoms with E-state index in [1.54, 1.807) is 7.11 Å². The molecule has 0 aromatic heterocycles. The summed E-state index contributed by atoms with van der Waals surface area (Å²) in [6.45, 7) is 3.36. The Labute approximate surface area is 128 Å². The van der Waals surface area contributed by atoms with Gasteiger partial charge < -0.3 is 20.3 Å². The predicted octanol–water partition coefficient (Wildman–Crippen LogP) is 1.13. The van der Waals surface area contributed by atoms with Gasteiger partial charge in [-0.1, -0.05) is 6.42 Å². The topological polar surface area (TPSA) is 53.6 Å². The van der Waals surface area contributed by atoms with Gasteiger partial charge in [0, 0.05) is 38.4 Å². The standard InChI is InChI=1S/C16H31N3O2/c1-12(16(20)17-8-5-9-21-3)18-13-10-14-6-4-7-15(11-13)19(14)2/h12-15,18H,4-11H2,1-3H3,(H,17,20). The Bertz CT molecular complexity index is 323. The van der Waals surface area contributed by atoms with E-state index in [1.165, 1.54) is 32.1 Å². The Hall–Kier alpha value is -0.650. The fourth-order valence-corrected chi connectivity index (χ4v) is 3.76. The average molecular weight is 297 g/mol. The van der Waals surface area contributed by atoms with Crippen molar-refractivity contribution in [2.75, 3.05) is 27.3 Å². The van der Waals surface area contributed by atoms with E-state index in [-0.39, 0.29) is 11.9 Å². The highest BCUT2D eigenvalue weighted by Gasteiger charge is 2.36. The molecule has 0 spiro atoms. The van der Waals surface area contributed by atoms with Crippen molar-refractivity contribution in [2.45, 2.75) is 69.6 Å². The molecule has 3 unspecified atom stereocenters. The molecule has 2 fully saturated rings. The first-order valence-electron chi connectivity index (χ1n) is 8.36. The Morgan fingerprint density at radius 1 is 1.33 bits per heavy atom. The van der Waals surface area contributed by atoms with E-state index in [0.717, 1.165) is 6.42 Å². The molecule has 0 aliphatic carbocycles. The van der Waals surface area contributed by atoms with Crippen LogP contribution in [0.2, 0.25) is 0 Å². The summed E-state index contributed by atoms with van der Waals surface area (Å²) < 4.78 is 4.99. The second-order valence-corrected chi connectivity index (χ2v) is 6.60. The van der Waals surface area contributed by atoms with Crippen molar-refractivity contribution in [1.82, 2.24) is 15.5 Å². The molecule has 0 radical (unpaired) electrons. The first-order valence-corrected chi connectivity index (χ1v) is 8.36. The third-order valence-corrected chi connectivity index (χ3v) is 5.04. The third kappa shape index (κ3) is 4.66. The molecule has 21 heavy (non-hydrogen) atoms. The smallest absolute Gasteiger partial charge is 0.236 e. The normalized spacial score (nSPS) is 30.9. The van der Waals surface area contributed by atoms with Gasteiger partial charge in [-0.2, -0.15) is 0 Å². The summed E-state index contributed by atoms with van der Waals surface area (Å²) in [5.41, 5.74) is 0. The SMILES string of the molecule is COCCCNC(=O)C(C)NC1CC2CCCC(C1)N2C. The predicted molar refractivity (Wildman–Crippen MR) is 84.3 cm³/mol. The van der Waals surface area contributed by atoms with Crippen LogP contribution in [0.15, 0.2) is 0 Å². The number of nitrogens with zero attached hydrogens (tertiary/aromatic N) is 1. The Kier molecular flexibility index (Phi) is 6.45. The van der Waals surface area contributed by atoms with Crippen LogP contribution in [0.25, 0.3) is 0 Å². The van der Waals surface area contributed by atoms with Gasteiger partial charge >= 0.3 is 0 Å². The lowest BCUT2D eigenvalue weighted by Gasteiger charge is -2.47. The van der Waals surface area contributed by atoms with Gasteiger partial charge in [-0.25, -0.2) is 0 Å². The van der Waals surface area contributed by atoms with Crippen molar-refractivity contribution in [1.29, 1.82) is 0 Å². The van der Waals surface area contributed by atoms with Crippen LogP contribution in [0.4, 0.5) is 0 Å². The van der Waals surface area contributed by atoms with Crippen LogP contribution in [-0.2, 0) is 9.53 Å². The summed E-state index contributed by atoms with van der Waals surface area (Å²) in [4.78, 5) is 14.6. The van der Waals surface area contributed by atoms with Gasteiger partial charge in [-0.15, -0.1) is 0 Å². The van der Waals surface area contributed by atoms with Gasteiger partial charge in [0.05, 0.1) is 6.04 Å². The van der Waals surface area contributed by atoms with Gasteiger partial charge in [-0.05, 0) is 46.1 Å². The molecule has 0 aromatic rings. The van der Waals surface area contributed by atoms with E-state index >= 15 is 0 Å². The molecule has 3 atom stereocenters.